The zero-order valence-corrected chi connectivity index (χ0v) is 12.5. The van der Waals surface area contributed by atoms with Crippen LogP contribution in [0.4, 0.5) is 24.5 Å². The van der Waals surface area contributed by atoms with Gasteiger partial charge in [0.2, 0.25) is 5.91 Å². The van der Waals surface area contributed by atoms with Gasteiger partial charge in [0.25, 0.3) is 0 Å². The van der Waals surface area contributed by atoms with E-state index in [0.29, 0.717) is 11.3 Å². The molecule has 0 heterocycles. The quantitative estimate of drug-likeness (QED) is 0.869. The van der Waals surface area contributed by atoms with E-state index in [0.717, 1.165) is 12.1 Å². The Labute approximate surface area is 136 Å². The van der Waals surface area contributed by atoms with Gasteiger partial charge >= 0.3 is 6.18 Å². The molecule has 0 saturated carbocycles. The summed E-state index contributed by atoms with van der Waals surface area (Å²) < 4.78 is 37.8. The number of nitrogens with zero attached hydrogens (tertiary/aromatic N) is 1. The first-order valence-electron chi connectivity index (χ1n) is 7.10. The van der Waals surface area contributed by atoms with Gasteiger partial charge in [0.15, 0.2) is 0 Å². The van der Waals surface area contributed by atoms with Crippen LogP contribution in [0.5, 0.6) is 0 Å². The number of carbonyl (C=O) groups is 1. The van der Waals surface area contributed by atoms with E-state index in [1.54, 1.807) is 24.3 Å². The second-order valence-corrected chi connectivity index (χ2v) is 4.96. The first-order chi connectivity index (χ1) is 11.4. The summed E-state index contributed by atoms with van der Waals surface area (Å²) in [6.45, 7) is 0.169. The van der Waals surface area contributed by atoms with Gasteiger partial charge in [-0.2, -0.15) is 18.4 Å². The highest BCUT2D eigenvalue weighted by molar-refractivity contribution is 5.92. The Morgan fingerprint density at radius 2 is 1.88 bits per heavy atom. The third-order valence-electron chi connectivity index (χ3n) is 3.19. The van der Waals surface area contributed by atoms with Crippen LogP contribution in [0.15, 0.2) is 48.5 Å². The Morgan fingerprint density at radius 3 is 2.58 bits per heavy atom. The van der Waals surface area contributed by atoms with Crippen LogP contribution in [0.1, 0.15) is 17.5 Å². The molecule has 0 saturated heterocycles. The van der Waals surface area contributed by atoms with Crippen molar-refractivity contribution < 1.29 is 18.0 Å². The maximum absolute atomic E-state index is 12.6. The molecule has 0 unspecified atom stereocenters. The molecular weight excluding hydrogens is 319 g/mol. The lowest BCUT2D eigenvalue weighted by Gasteiger charge is -2.11. The van der Waals surface area contributed by atoms with Crippen molar-refractivity contribution in [3.05, 3.63) is 59.7 Å². The second-order valence-electron chi connectivity index (χ2n) is 4.96. The van der Waals surface area contributed by atoms with E-state index in [4.69, 9.17) is 5.26 Å². The van der Waals surface area contributed by atoms with E-state index < -0.39 is 11.7 Å². The number of rotatable bonds is 5. The minimum atomic E-state index is -4.41. The number of benzene rings is 2. The number of para-hydroxylation sites is 1. The lowest BCUT2D eigenvalue weighted by molar-refractivity contribution is -0.137. The Morgan fingerprint density at radius 1 is 1.12 bits per heavy atom. The van der Waals surface area contributed by atoms with Gasteiger partial charge in [0.05, 0.1) is 16.8 Å². The molecule has 0 aliphatic heterocycles. The minimum Gasteiger partial charge on any atom is -0.385 e. The molecule has 0 spiro atoms. The zero-order valence-electron chi connectivity index (χ0n) is 12.5. The van der Waals surface area contributed by atoms with Crippen LogP contribution < -0.4 is 10.6 Å². The van der Waals surface area contributed by atoms with Crippen molar-refractivity contribution in [1.82, 2.24) is 0 Å². The lowest BCUT2D eigenvalue weighted by Crippen LogP contribution is -2.17. The number of nitriles is 1. The smallest absolute Gasteiger partial charge is 0.385 e. The summed E-state index contributed by atoms with van der Waals surface area (Å²) in [5.41, 5.74) is 0.288. The van der Waals surface area contributed by atoms with Gasteiger partial charge in [-0.25, -0.2) is 0 Å². The molecule has 0 radical (unpaired) electrons. The number of nitrogens with one attached hydrogen (secondary N) is 2. The molecule has 0 fully saturated rings. The molecule has 0 aliphatic carbocycles. The number of carbonyl (C=O) groups excluding carboxylic acids is 1. The Bertz CT molecular complexity index is 766. The van der Waals surface area contributed by atoms with E-state index in [9.17, 15) is 18.0 Å². The van der Waals surface area contributed by atoms with Crippen molar-refractivity contribution in [3.8, 4) is 6.07 Å². The SMILES string of the molecule is N#Cc1ccccc1NC(=O)CCNc1cccc(C(F)(F)F)c1. The van der Waals surface area contributed by atoms with Crippen LogP contribution in [0.25, 0.3) is 0 Å². The van der Waals surface area contributed by atoms with Gasteiger partial charge in [-0.1, -0.05) is 18.2 Å². The highest BCUT2D eigenvalue weighted by atomic mass is 19.4. The Hall–Kier alpha value is -3.01. The first-order valence-corrected chi connectivity index (χ1v) is 7.10. The number of amides is 1. The normalized spacial score (nSPS) is 10.8. The average molecular weight is 333 g/mol. The average Bonchev–Trinajstić information content (AvgIpc) is 2.55. The predicted molar refractivity (Wildman–Crippen MR) is 84.3 cm³/mol. The van der Waals surface area contributed by atoms with Crippen molar-refractivity contribution in [2.75, 3.05) is 17.2 Å². The molecule has 2 aromatic carbocycles. The molecule has 124 valence electrons. The van der Waals surface area contributed by atoms with Gasteiger partial charge in [0.1, 0.15) is 6.07 Å². The molecule has 2 N–H and O–H groups in total. The molecular formula is C17H14F3N3O. The summed E-state index contributed by atoms with van der Waals surface area (Å²) in [5.74, 6) is -0.336. The topological polar surface area (TPSA) is 64.9 Å². The molecule has 0 atom stereocenters. The fraction of sp³-hybridized carbons (Fsp3) is 0.176. The zero-order chi connectivity index (χ0) is 17.6. The van der Waals surface area contributed by atoms with Crippen molar-refractivity contribution in [2.24, 2.45) is 0 Å². The van der Waals surface area contributed by atoms with Gasteiger partial charge in [-0.3, -0.25) is 4.79 Å². The molecule has 24 heavy (non-hydrogen) atoms. The highest BCUT2D eigenvalue weighted by Crippen LogP contribution is 2.30. The summed E-state index contributed by atoms with van der Waals surface area (Å²) in [7, 11) is 0. The third-order valence-corrected chi connectivity index (χ3v) is 3.19. The van der Waals surface area contributed by atoms with Crippen LogP contribution in [0.2, 0.25) is 0 Å². The number of anilines is 2. The molecule has 4 nitrogen and oxygen atoms in total. The maximum Gasteiger partial charge on any atom is 0.416 e. The van der Waals surface area contributed by atoms with E-state index in [1.165, 1.54) is 12.1 Å². The van der Waals surface area contributed by atoms with Crippen LogP contribution in [0.3, 0.4) is 0 Å². The van der Waals surface area contributed by atoms with Crippen LogP contribution >= 0.6 is 0 Å². The predicted octanol–water partition coefficient (Wildman–Crippen LogP) is 4.02. The van der Waals surface area contributed by atoms with Crippen molar-refractivity contribution >= 4 is 17.3 Å². The molecule has 0 aliphatic rings. The fourth-order valence-electron chi connectivity index (χ4n) is 2.03. The number of hydrogen-bond donors (Lipinski definition) is 2. The van der Waals surface area contributed by atoms with Crippen molar-refractivity contribution in [1.29, 1.82) is 5.26 Å². The molecule has 7 heteroatoms. The fourth-order valence-corrected chi connectivity index (χ4v) is 2.03. The van der Waals surface area contributed by atoms with Gasteiger partial charge in [0, 0.05) is 18.7 Å². The Balaban J connectivity index is 1.88. The van der Waals surface area contributed by atoms with Gasteiger partial charge in [-0.05, 0) is 30.3 Å². The molecule has 2 aromatic rings. The van der Waals surface area contributed by atoms with Crippen LogP contribution in [0, 0.1) is 11.3 Å². The highest BCUT2D eigenvalue weighted by Gasteiger charge is 2.30. The molecule has 0 bridgehead atoms. The molecule has 0 aromatic heterocycles. The largest absolute Gasteiger partial charge is 0.416 e. The maximum atomic E-state index is 12.6. The lowest BCUT2D eigenvalue weighted by atomic mass is 10.2. The number of alkyl halides is 3. The van der Waals surface area contributed by atoms with Crippen molar-refractivity contribution in [2.45, 2.75) is 12.6 Å². The third kappa shape index (κ3) is 4.74. The first kappa shape index (κ1) is 17.3. The number of halogens is 3. The van der Waals surface area contributed by atoms with E-state index >= 15 is 0 Å². The molecule has 1 amide bonds. The van der Waals surface area contributed by atoms with E-state index in [1.807, 2.05) is 6.07 Å². The standard InChI is InChI=1S/C17H14F3N3O/c18-17(19,20)13-5-3-6-14(10-13)22-9-8-16(24)23-15-7-2-1-4-12(15)11-21/h1-7,10,22H,8-9H2,(H,23,24). The minimum absolute atomic E-state index is 0.0516. The Kier molecular flexibility index (Phi) is 5.42. The molecule has 2 rings (SSSR count). The summed E-state index contributed by atoms with van der Waals surface area (Å²) in [4.78, 5) is 11.9. The summed E-state index contributed by atoms with van der Waals surface area (Å²) >= 11 is 0. The van der Waals surface area contributed by atoms with Crippen LogP contribution in [-0.4, -0.2) is 12.5 Å². The summed E-state index contributed by atoms with van der Waals surface area (Å²) in [6.07, 6.45) is -4.36. The monoisotopic (exact) mass is 333 g/mol. The van der Waals surface area contributed by atoms with Crippen LogP contribution in [-0.2, 0) is 11.0 Å². The van der Waals surface area contributed by atoms with E-state index in [2.05, 4.69) is 10.6 Å². The number of hydrogen-bond acceptors (Lipinski definition) is 3. The van der Waals surface area contributed by atoms with Gasteiger partial charge < -0.3 is 10.6 Å². The summed E-state index contributed by atoms with van der Waals surface area (Å²) in [5, 5.41) is 14.3. The second kappa shape index (κ2) is 7.51. The van der Waals surface area contributed by atoms with E-state index in [-0.39, 0.29) is 24.6 Å². The summed E-state index contributed by atoms with van der Waals surface area (Å²) in [6, 6.07) is 13.3. The van der Waals surface area contributed by atoms with Gasteiger partial charge in [-0.15, -0.1) is 0 Å². The van der Waals surface area contributed by atoms with Crippen molar-refractivity contribution in [3.63, 3.8) is 0 Å².